The zero-order chi connectivity index (χ0) is 18.4. The van der Waals surface area contributed by atoms with Crippen molar-refractivity contribution >= 4 is 52.3 Å². The van der Waals surface area contributed by atoms with Crippen LogP contribution in [0, 0.1) is 0 Å². The maximum atomic E-state index is 11.8. The van der Waals surface area contributed by atoms with Gasteiger partial charge in [0.15, 0.2) is 10.9 Å². The van der Waals surface area contributed by atoms with Crippen molar-refractivity contribution in [1.82, 2.24) is 24.9 Å². The number of hydrogen-bond acceptors (Lipinski definition) is 5. The summed E-state index contributed by atoms with van der Waals surface area (Å²) in [5, 5.41) is 8.78. The Morgan fingerprint density at radius 3 is 2.85 bits per heavy atom. The highest BCUT2D eigenvalue weighted by Crippen LogP contribution is 2.13. The molecule has 3 rings (SSSR count). The van der Waals surface area contributed by atoms with Crippen molar-refractivity contribution in [2.24, 2.45) is 4.99 Å². The van der Waals surface area contributed by atoms with Gasteiger partial charge in [0.1, 0.15) is 0 Å². The van der Waals surface area contributed by atoms with E-state index in [1.807, 2.05) is 36.0 Å². The van der Waals surface area contributed by atoms with Crippen LogP contribution < -0.4 is 10.6 Å². The third-order valence-electron chi connectivity index (χ3n) is 4.25. The smallest absolute Gasteiger partial charge is 0.409 e. The summed E-state index contributed by atoms with van der Waals surface area (Å²) in [4.78, 5) is 23.7. The summed E-state index contributed by atoms with van der Waals surface area (Å²) in [7, 11) is 0. The number of fused-ring (bicyclic) bond motifs is 1. The topological polar surface area (TPSA) is 83.3 Å². The molecule has 2 N–H and O–H groups in total. The van der Waals surface area contributed by atoms with E-state index in [0.29, 0.717) is 32.3 Å². The number of amides is 1. The number of guanidine groups is 1. The highest BCUT2D eigenvalue weighted by molar-refractivity contribution is 14.0. The SMILES string of the molecule is CCNC(=NCc1cn2ccsc2n1)NC1CCN(C(=O)OCC)CC1.I. The maximum absolute atomic E-state index is 11.8. The molecule has 0 bridgehead atoms. The first-order valence-corrected chi connectivity index (χ1v) is 9.95. The van der Waals surface area contributed by atoms with Gasteiger partial charge < -0.3 is 20.3 Å². The number of thiazole rings is 1. The summed E-state index contributed by atoms with van der Waals surface area (Å²) in [5.41, 5.74) is 0.950. The molecule has 2 aromatic rings. The normalized spacial score (nSPS) is 15.5. The van der Waals surface area contributed by atoms with Crippen LogP contribution in [0.25, 0.3) is 4.96 Å². The van der Waals surface area contributed by atoms with Gasteiger partial charge in [0.05, 0.1) is 18.8 Å². The van der Waals surface area contributed by atoms with Crippen LogP contribution in [0.1, 0.15) is 32.4 Å². The van der Waals surface area contributed by atoms with E-state index in [0.717, 1.165) is 36.0 Å². The van der Waals surface area contributed by atoms with Crippen molar-refractivity contribution in [2.45, 2.75) is 39.3 Å². The van der Waals surface area contributed by atoms with Crippen LogP contribution in [-0.4, -0.2) is 58.6 Å². The van der Waals surface area contributed by atoms with Crippen LogP contribution in [-0.2, 0) is 11.3 Å². The van der Waals surface area contributed by atoms with Crippen LogP contribution in [0.4, 0.5) is 4.79 Å². The number of carbonyl (C=O) groups is 1. The monoisotopic (exact) mass is 506 g/mol. The zero-order valence-electron chi connectivity index (χ0n) is 15.7. The van der Waals surface area contributed by atoms with Gasteiger partial charge in [-0.3, -0.25) is 4.40 Å². The molecule has 0 radical (unpaired) electrons. The molecule has 0 aliphatic carbocycles. The number of likely N-dealkylation sites (tertiary alicyclic amines) is 1. The van der Waals surface area contributed by atoms with Crippen molar-refractivity contribution in [3.05, 3.63) is 23.5 Å². The number of piperidine rings is 1. The lowest BCUT2D eigenvalue weighted by Gasteiger charge is -2.32. The lowest BCUT2D eigenvalue weighted by molar-refractivity contribution is 0.0963. The Bertz CT molecular complexity index is 725. The van der Waals surface area contributed by atoms with E-state index >= 15 is 0 Å². The molecule has 1 saturated heterocycles. The summed E-state index contributed by atoms with van der Waals surface area (Å²) in [6.45, 7) is 7.03. The van der Waals surface area contributed by atoms with Crippen LogP contribution in [0.15, 0.2) is 22.8 Å². The van der Waals surface area contributed by atoms with Crippen LogP contribution in [0.5, 0.6) is 0 Å². The fourth-order valence-corrected chi connectivity index (χ4v) is 3.67. The van der Waals surface area contributed by atoms with Crippen molar-refractivity contribution in [3.63, 3.8) is 0 Å². The first-order valence-electron chi connectivity index (χ1n) is 9.07. The van der Waals surface area contributed by atoms with E-state index in [1.54, 1.807) is 16.2 Å². The maximum Gasteiger partial charge on any atom is 0.409 e. The molecule has 2 aromatic heterocycles. The first kappa shape index (κ1) is 21.7. The minimum absolute atomic E-state index is 0. The molecule has 8 nitrogen and oxygen atoms in total. The van der Waals surface area contributed by atoms with Gasteiger partial charge in [-0.2, -0.15) is 0 Å². The van der Waals surface area contributed by atoms with E-state index < -0.39 is 0 Å². The molecule has 0 spiro atoms. The molecular formula is C17H27IN6O2S. The van der Waals surface area contributed by atoms with E-state index in [9.17, 15) is 4.79 Å². The molecule has 0 saturated carbocycles. The van der Waals surface area contributed by atoms with Gasteiger partial charge in [0.2, 0.25) is 0 Å². The van der Waals surface area contributed by atoms with Gasteiger partial charge in [-0.15, -0.1) is 35.3 Å². The molecule has 0 atom stereocenters. The van der Waals surface area contributed by atoms with Gasteiger partial charge in [-0.1, -0.05) is 0 Å². The summed E-state index contributed by atoms with van der Waals surface area (Å²) in [5.74, 6) is 0.790. The molecule has 3 heterocycles. The highest BCUT2D eigenvalue weighted by atomic mass is 127. The number of ether oxygens (including phenoxy) is 1. The second-order valence-corrected chi connectivity index (χ2v) is 7.00. The Kier molecular flexibility index (Phi) is 8.61. The summed E-state index contributed by atoms with van der Waals surface area (Å²) in [6, 6.07) is 0.295. The quantitative estimate of drug-likeness (QED) is 0.370. The number of nitrogens with zero attached hydrogens (tertiary/aromatic N) is 4. The lowest BCUT2D eigenvalue weighted by Crippen LogP contribution is -2.49. The number of nitrogens with one attached hydrogen (secondary N) is 2. The average Bonchev–Trinajstić information content (AvgIpc) is 3.22. The second-order valence-electron chi connectivity index (χ2n) is 6.12. The number of rotatable bonds is 5. The Labute approximate surface area is 180 Å². The molecule has 0 unspecified atom stereocenters. The van der Waals surface area contributed by atoms with Crippen molar-refractivity contribution in [2.75, 3.05) is 26.2 Å². The Morgan fingerprint density at radius 1 is 1.41 bits per heavy atom. The Balaban J connectivity index is 0.00000261. The highest BCUT2D eigenvalue weighted by Gasteiger charge is 2.24. The Morgan fingerprint density at radius 2 is 2.19 bits per heavy atom. The van der Waals surface area contributed by atoms with Crippen molar-refractivity contribution in [1.29, 1.82) is 0 Å². The van der Waals surface area contributed by atoms with Gasteiger partial charge in [-0.25, -0.2) is 14.8 Å². The summed E-state index contributed by atoms with van der Waals surface area (Å²) < 4.78 is 7.08. The van der Waals surface area contributed by atoms with Gasteiger partial charge >= 0.3 is 6.09 Å². The second kappa shape index (κ2) is 10.7. The minimum Gasteiger partial charge on any atom is -0.450 e. The van der Waals surface area contributed by atoms with E-state index in [4.69, 9.17) is 4.74 Å². The Hall–Kier alpha value is -1.56. The third kappa shape index (κ3) is 5.96. The largest absolute Gasteiger partial charge is 0.450 e. The molecule has 10 heteroatoms. The standard InChI is InChI=1S/C17H26N6O2S.HI/c1-3-18-15(19-11-14-12-23-9-10-26-16(23)21-14)20-13-5-7-22(8-6-13)17(24)25-4-2;/h9-10,12-13H,3-8,11H2,1-2H3,(H2,18,19,20);1H. The lowest BCUT2D eigenvalue weighted by atomic mass is 10.1. The summed E-state index contributed by atoms with van der Waals surface area (Å²) in [6.07, 6.45) is 5.55. The van der Waals surface area contributed by atoms with Crippen LogP contribution in [0.3, 0.4) is 0 Å². The number of carbonyl (C=O) groups excluding carboxylic acids is 1. The summed E-state index contributed by atoms with van der Waals surface area (Å²) >= 11 is 1.62. The molecule has 1 fully saturated rings. The number of halogens is 1. The van der Waals surface area contributed by atoms with E-state index in [-0.39, 0.29) is 30.1 Å². The minimum atomic E-state index is -0.216. The molecule has 27 heavy (non-hydrogen) atoms. The zero-order valence-corrected chi connectivity index (χ0v) is 18.8. The molecule has 1 aliphatic heterocycles. The molecule has 1 aliphatic rings. The fourth-order valence-electron chi connectivity index (χ4n) is 2.95. The molecule has 150 valence electrons. The molecule has 1 amide bonds. The van der Waals surface area contributed by atoms with Crippen molar-refractivity contribution in [3.8, 4) is 0 Å². The number of hydrogen-bond donors (Lipinski definition) is 2. The molecular weight excluding hydrogens is 479 g/mol. The predicted molar refractivity (Wildman–Crippen MR) is 118 cm³/mol. The number of aliphatic imine (C=N–C) groups is 1. The number of aromatic nitrogens is 2. The van der Waals surface area contributed by atoms with Crippen LogP contribution in [0.2, 0.25) is 0 Å². The van der Waals surface area contributed by atoms with Gasteiger partial charge in [0, 0.05) is 43.4 Å². The predicted octanol–water partition coefficient (Wildman–Crippen LogP) is 2.69. The number of imidazole rings is 1. The average molecular weight is 506 g/mol. The third-order valence-corrected chi connectivity index (χ3v) is 5.02. The van der Waals surface area contributed by atoms with E-state index in [2.05, 4.69) is 20.6 Å². The molecule has 0 aromatic carbocycles. The van der Waals surface area contributed by atoms with Crippen molar-refractivity contribution < 1.29 is 9.53 Å². The fraction of sp³-hybridized carbons (Fsp3) is 0.588. The van der Waals surface area contributed by atoms with Gasteiger partial charge in [0.25, 0.3) is 0 Å². The van der Waals surface area contributed by atoms with Gasteiger partial charge in [-0.05, 0) is 26.7 Å². The van der Waals surface area contributed by atoms with Crippen LogP contribution >= 0.6 is 35.3 Å². The first-order chi connectivity index (χ1) is 12.7. The van der Waals surface area contributed by atoms with E-state index in [1.165, 1.54) is 0 Å².